The van der Waals surface area contributed by atoms with E-state index >= 15 is 0 Å². The van der Waals surface area contributed by atoms with Crippen LogP contribution >= 0.6 is 0 Å². The molecule has 0 bridgehead atoms. The maximum atomic E-state index is 12.3. The number of phenolic OH excluding ortho intramolecular Hbond substituents is 1. The van der Waals surface area contributed by atoms with Crippen LogP contribution < -0.4 is 10.1 Å². The minimum atomic E-state index is -0.324. The predicted molar refractivity (Wildman–Crippen MR) is 112 cm³/mol. The number of nitrogens with one attached hydrogen (secondary N) is 1. The molecule has 0 heterocycles. The van der Waals surface area contributed by atoms with Gasteiger partial charge in [0.1, 0.15) is 11.5 Å². The smallest absolute Gasteiger partial charge is 0.251 e. The molecule has 0 spiro atoms. The van der Waals surface area contributed by atoms with E-state index in [2.05, 4.69) is 5.32 Å². The fourth-order valence-corrected chi connectivity index (χ4v) is 2.73. The Hall–Kier alpha value is -3.86. The Balaban J connectivity index is 1.61. The molecule has 0 saturated heterocycles. The minimum Gasteiger partial charge on any atom is -0.507 e. The van der Waals surface area contributed by atoms with Crippen LogP contribution in [-0.4, -0.2) is 23.9 Å². The van der Waals surface area contributed by atoms with E-state index in [1.165, 1.54) is 25.3 Å². The zero-order chi connectivity index (χ0) is 20.6. The SMILES string of the molecule is COc1ccc(C(=O)/C=C/c2ccc(C(=O)NCc3ccccc3)cc2)c(O)c1. The van der Waals surface area contributed by atoms with E-state index in [0.717, 1.165) is 11.1 Å². The molecular formula is C24H21NO4. The van der Waals surface area contributed by atoms with Crippen molar-refractivity contribution in [1.29, 1.82) is 0 Å². The number of aromatic hydroxyl groups is 1. The van der Waals surface area contributed by atoms with E-state index in [-0.39, 0.29) is 23.0 Å². The van der Waals surface area contributed by atoms with Crippen LogP contribution in [0.15, 0.2) is 78.9 Å². The number of rotatable bonds is 7. The highest BCUT2D eigenvalue weighted by atomic mass is 16.5. The summed E-state index contributed by atoms with van der Waals surface area (Å²) in [6.07, 6.45) is 3.02. The molecule has 0 aromatic heterocycles. The standard InChI is InChI=1S/C24H21NO4/c1-29-20-12-13-21(23(27)15-20)22(26)14-9-17-7-10-19(11-8-17)24(28)25-16-18-5-3-2-4-6-18/h2-15,27H,16H2,1H3,(H,25,28)/b14-9+. The van der Waals surface area contributed by atoms with E-state index in [4.69, 9.17) is 4.74 Å². The molecule has 3 rings (SSSR count). The number of benzene rings is 3. The number of hydrogen-bond donors (Lipinski definition) is 2. The number of allylic oxidation sites excluding steroid dienone is 1. The maximum absolute atomic E-state index is 12.3. The van der Waals surface area contributed by atoms with Crippen LogP contribution in [0.1, 0.15) is 31.8 Å². The van der Waals surface area contributed by atoms with Crippen molar-refractivity contribution in [3.63, 3.8) is 0 Å². The molecule has 0 saturated carbocycles. The van der Waals surface area contributed by atoms with E-state index in [9.17, 15) is 14.7 Å². The van der Waals surface area contributed by atoms with Crippen molar-refractivity contribution in [3.05, 3.63) is 101 Å². The van der Waals surface area contributed by atoms with Crippen molar-refractivity contribution < 1.29 is 19.4 Å². The van der Waals surface area contributed by atoms with Gasteiger partial charge in [0.2, 0.25) is 0 Å². The fourth-order valence-electron chi connectivity index (χ4n) is 2.73. The first-order valence-electron chi connectivity index (χ1n) is 9.08. The summed E-state index contributed by atoms with van der Waals surface area (Å²) >= 11 is 0. The minimum absolute atomic E-state index is 0.135. The van der Waals surface area contributed by atoms with Gasteiger partial charge in [-0.3, -0.25) is 9.59 Å². The lowest BCUT2D eigenvalue weighted by Gasteiger charge is -2.06. The number of phenols is 1. The first-order valence-corrected chi connectivity index (χ1v) is 9.08. The summed E-state index contributed by atoms with van der Waals surface area (Å²) < 4.78 is 5.01. The molecule has 5 heteroatoms. The molecule has 29 heavy (non-hydrogen) atoms. The number of carbonyl (C=O) groups is 2. The zero-order valence-electron chi connectivity index (χ0n) is 16.0. The molecule has 0 radical (unpaired) electrons. The van der Waals surface area contributed by atoms with Crippen LogP contribution in [0.3, 0.4) is 0 Å². The molecule has 0 aliphatic rings. The molecule has 3 aromatic carbocycles. The molecule has 0 aliphatic heterocycles. The van der Waals surface area contributed by atoms with Gasteiger partial charge in [-0.1, -0.05) is 48.5 Å². The fraction of sp³-hybridized carbons (Fsp3) is 0.0833. The van der Waals surface area contributed by atoms with Gasteiger partial charge in [0, 0.05) is 18.2 Å². The summed E-state index contributed by atoms with van der Waals surface area (Å²) in [5.74, 6) is -0.146. The monoisotopic (exact) mass is 387 g/mol. The molecule has 0 aliphatic carbocycles. The summed E-state index contributed by atoms with van der Waals surface area (Å²) in [5, 5.41) is 12.8. The summed E-state index contributed by atoms with van der Waals surface area (Å²) in [7, 11) is 1.49. The van der Waals surface area contributed by atoms with Gasteiger partial charge in [0.25, 0.3) is 5.91 Å². The van der Waals surface area contributed by atoms with Gasteiger partial charge in [-0.05, 0) is 41.5 Å². The van der Waals surface area contributed by atoms with Gasteiger partial charge < -0.3 is 15.2 Å². The lowest BCUT2D eigenvalue weighted by Crippen LogP contribution is -2.22. The lowest BCUT2D eigenvalue weighted by molar-refractivity contribution is 0.0950. The Morgan fingerprint density at radius 1 is 1.00 bits per heavy atom. The molecule has 0 unspecified atom stereocenters. The van der Waals surface area contributed by atoms with Crippen LogP contribution in [0.2, 0.25) is 0 Å². The molecule has 0 atom stereocenters. The number of carbonyl (C=O) groups excluding carboxylic acids is 2. The highest BCUT2D eigenvalue weighted by molar-refractivity contribution is 6.08. The van der Waals surface area contributed by atoms with Gasteiger partial charge in [-0.2, -0.15) is 0 Å². The second kappa shape index (κ2) is 9.37. The zero-order valence-corrected chi connectivity index (χ0v) is 16.0. The summed E-state index contributed by atoms with van der Waals surface area (Å²) in [4.78, 5) is 24.5. The normalized spacial score (nSPS) is 10.7. The quantitative estimate of drug-likeness (QED) is 0.470. The van der Waals surface area contributed by atoms with Crippen molar-refractivity contribution >= 4 is 17.8 Å². The maximum Gasteiger partial charge on any atom is 0.251 e. The predicted octanol–water partition coefficient (Wildman–Crippen LogP) is 4.23. The topological polar surface area (TPSA) is 75.6 Å². The Morgan fingerprint density at radius 3 is 2.38 bits per heavy atom. The van der Waals surface area contributed by atoms with E-state index in [0.29, 0.717) is 17.9 Å². The number of amides is 1. The number of ketones is 1. The summed E-state index contributed by atoms with van der Waals surface area (Å²) in [6, 6.07) is 21.1. The van der Waals surface area contributed by atoms with E-state index in [1.807, 2.05) is 30.3 Å². The number of hydrogen-bond acceptors (Lipinski definition) is 4. The Morgan fingerprint density at radius 2 is 1.72 bits per heavy atom. The first-order chi connectivity index (χ1) is 14.1. The highest BCUT2D eigenvalue weighted by Gasteiger charge is 2.09. The third kappa shape index (κ3) is 5.32. The van der Waals surface area contributed by atoms with Gasteiger partial charge in [0.05, 0.1) is 12.7 Å². The highest BCUT2D eigenvalue weighted by Crippen LogP contribution is 2.24. The molecule has 3 aromatic rings. The average molecular weight is 387 g/mol. The number of ether oxygens (including phenoxy) is 1. The first kappa shape index (κ1) is 19.9. The van der Waals surface area contributed by atoms with E-state index in [1.54, 1.807) is 36.4 Å². The molecule has 2 N–H and O–H groups in total. The van der Waals surface area contributed by atoms with Crippen LogP contribution in [-0.2, 0) is 6.54 Å². The Labute approximate surface area is 169 Å². The van der Waals surface area contributed by atoms with Crippen LogP contribution in [0, 0.1) is 0 Å². The third-order valence-electron chi connectivity index (χ3n) is 4.37. The van der Waals surface area contributed by atoms with Crippen molar-refractivity contribution in [2.24, 2.45) is 0 Å². The van der Waals surface area contributed by atoms with Gasteiger partial charge in [0.15, 0.2) is 5.78 Å². The third-order valence-corrected chi connectivity index (χ3v) is 4.37. The number of methoxy groups -OCH3 is 1. The van der Waals surface area contributed by atoms with E-state index < -0.39 is 0 Å². The summed E-state index contributed by atoms with van der Waals surface area (Å²) in [6.45, 7) is 0.460. The second-order valence-electron chi connectivity index (χ2n) is 6.37. The van der Waals surface area contributed by atoms with Crippen molar-refractivity contribution in [1.82, 2.24) is 5.32 Å². The molecule has 5 nitrogen and oxygen atoms in total. The van der Waals surface area contributed by atoms with Gasteiger partial charge in [-0.15, -0.1) is 0 Å². The molecule has 1 amide bonds. The lowest BCUT2D eigenvalue weighted by atomic mass is 10.1. The Bertz CT molecular complexity index is 1020. The van der Waals surface area contributed by atoms with Gasteiger partial charge >= 0.3 is 0 Å². The van der Waals surface area contributed by atoms with Crippen molar-refractivity contribution in [2.45, 2.75) is 6.54 Å². The van der Waals surface area contributed by atoms with Crippen molar-refractivity contribution in [3.8, 4) is 11.5 Å². The average Bonchev–Trinajstić information content (AvgIpc) is 2.76. The van der Waals surface area contributed by atoms with Crippen LogP contribution in [0.4, 0.5) is 0 Å². The van der Waals surface area contributed by atoms with Crippen molar-refractivity contribution in [2.75, 3.05) is 7.11 Å². The molecule has 0 fully saturated rings. The molecule has 146 valence electrons. The largest absolute Gasteiger partial charge is 0.507 e. The van der Waals surface area contributed by atoms with Crippen LogP contribution in [0.5, 0.6) is 11.5 Å². The summed E-state index contributed by atoms with van der Waals surface area (Å²) in [5.41, 5.74) is 2.53. The van der Waals surface area contributed by atoms with Crippen LogP contribution in [0.25, 0.3) is 6.08 Å². The Kier molecular flexibility index (Phi) is 6.43. The second-order valence-corrected chi connectivity index (χ2v) is 6.37. The molecular weight excluding hydrogens is 366 g/mol. The van der Waals surface area contributed by atoms with Gasteiger partial charge in [-0.25, -0.2) is 0 Å².